The van der Waals surface area contributed by atoms with Crippen molar-refractivity contribution < 1.29 is 13.2 Å². The Morgan fingerprint density at radius 3 is 2.61 bits per heavy atom. The number of aryl methyl sites for hydroxylation is 1. The number of halogens is 4. The van der Waals surface area contributed by atoms with E-state index in [1.807, 2.05) is 35.9 Å². The summed E-state index contributed by atoms with van der Waals surface area (Å²) in [4.78, 5) is 2.46. The first-order valence-corrected chi connectivity index (χ1v) is 11.7. The van der Waals surface area contributed by atoms with Crippen molar-refractivity contribution in [2.24, 2.45) is 13.0 Å². The molecule has 1 aromatic heterocycles. The normalized spacial score (nSPS) is 22.5. The van der Waals surface area contributed by atoms with E-state index in [1.54, 1.807) is 12.1 Å². The number of alkyl halides is 3. The fourth-order valence-corrected chi connectivity index (χ4v) is 5.46. The maximum atomic E-state index is 12.9. The molecule has 0 N–H and O–H groups in total. The minimum absolute atomic E-state index is 0.0551. The van der Waals surface area contributed by atoms with Gasteiger partial charge < -0.3 is 9.47 Å². The molecule has 0 spiro atoms. The zero-order valence-corrected chi connectivity index (χ0v) is 19.2. The predicted molar refractivity (Wildman–Crippen MR) is 122 cm³/mol. The Labute approximate surface area is 196 Å². The number of likely N-dealkylation sites (tertiary alicyclic amines) is 1. The summed E-state index contributed by atoms with van der Waals surface area (Å²) in [7, 11) is 1.98. The Kier molecular flexibility index (Phi) is 5.73. The summed E-state index contributed by atoms with van der Waals surface area (Å²) >= 11 is 6.10. The van der Waals surface area contributed by atoms with Crippen LogP contribution < -0.4 is 0 Å². The molecule has 0 amide bonds. The van der Waals surface area contributed by atoms with Crippen molar-refractivity contribution in [2.75, 3.05) is 19.6 Å². The number of piperidine rings is 1. The molecule has 5 rings (SSSR count). The van der Waals surface area contributed by atoms with Gasteiger partial charge in [-0.2, -0.15) is 13.2 Å². The topological polar surface area (TPSA) is 34.0 Å². The molecule has 1 saturated carbocycles. The summed E-state index contributed by atoms with van der Waals surface area (Å²) in [6.45, 7) is 2.97. The molecule has 1 aliphatic heterocycles. The summed E-state index contributed by atoms with van der Waals surface area (Å²) in [5.74, 6) is 2.33. The number of rotatable bonds is 7. The molecule has 2 aromatic carbocycles. The third-order valence-corrected chi connectivity index (χ3v) is 7.41. The highest BCUT2D eigenvalue weighted by Gasteiger charge is 2.60. The number of hydrogen-bond acceptors (Lipinski definition) is 3. The molecule has 0 unspecified atom stereocenters. The smallest absolute Gasteiger partial charge is 0.314 e. The zero-order valence-electron chi connectivity index (χ0n) is 18.4. The highest BCUT2D eigenvalue weighted by molar-refractivity contribution is 6.30. The monoisotopic (exact) mass is 474 g/mol. The first-order valence-electron chi connectivity index (χ1n) is 11.3. The zero-order chi connectivity index (χ0) is 23.2. The predicted octanol–water partition coefficient (Wildman–Crippen LogP) is 5.75. The van der Waals surface area contributed by atoms with Crippen molar-refractivity contribution in [1.29, 1.82) is 0 Å². The van der Waals surface area contributed by atoms with E-state index in [4.69, 9.17) is 11.6 Å². The molecule has 33 heavy (non-hydrogen) atoms. The number of unbranched alkanes of at least 4 members (excludes halogenated alkanes) is 1. The van der Waals surface area contributed by atoms with E-state index in [0.717, 1.165) is 68.1 Å². The lowest BCUT2D eigenvalue weighted by atomic mass is 9.94. The van der Waals surface area contributed by atoms with E-state index in [-0.39, 0.29) is 5.41 Å². The van der Waals surface area contributed by atoms with E-state index in [2.05, 4.69) is 15.1 Å². The quantitative estimate of drug-likeness (QED) is 0.409. The molecule has 2 aliphatic rings. The Hall–Kier alpha value is -2.38. The second kappa shape index (κ2) is 8.44. The lowest BCUT2D eigenvalue weighted by Gasteiger charge is -2.21. The lowest BCUT2D eigenvalue weighted by Crippen LogP contribution is -2.27. The van der Waals surface area contributed by atoms with Crippen LogP contribution in [0.25, 0.3) is 11.4 Å². The van der Waals surface area contributed by atoms with Crippen molar-refractivity contribution in [1.82, 2.24) is 19.7 Å². The fourth-order valence-electron chi connectivity index (χ4n) is 5.27. The van der Waals surface area contributed by atoms with Gasteiger partial charge in [0.25, 0.3) is 0 Å². The van der Waals surface area contributed by atoms with Gasteiger partial charge in [-0.15, -0.1) is 10.2 Å². The minimum Gasteiger partial charge on any atom is -0.314 e. The number of fused-ring (bicyclic) bond motifs is 1. The van der Waals surface area contributed by atoms with Gasteiger partial charge in [-0.3, -0.25) is 0 Å². The molecule has 1 saturated heterocycles. The van der Waals surface area contributed by atoms with Crippen LogP contribution >= 0.6 is 11.6 Å². The Morgan fingerprint density at radius 2 is 1.88 bits per heavy atom. The van der Waals surface area contributed by atoms with E-state index >= 15 is 0 Å². The second-order valence-electron chi connectivity index (χ2n) is 9.33. The van der Waals surface area contributed by atoms with Crippen molar-refractivity contribution in [2.45, 2.75) is 37.3 Å². The van der Waals surface area contributed by atoms with Crippen molar-refractivity contribution in [3.63, 3.8) is 0 Å². The number of nitrogens with zero attached hydrogens (tertiary/aromatic N) is 4. The average Bonchev–Trinajstić information content (AvgIpc) is 3.15. The van der Waals surface area contributed by atoms with Crippen molar-refractivity contribution in [3.8, 4) is 11.4 Å². The van der Waals surface area contributed by atoms with Crippen LogP contribution in [-0.2, 0) is 25.1 Å². The van der Waals surface area contributed by atoms with Crippen LogP contribution in [0.1, 0.15) is 36.2 Å². The van der Waals surface area contributed by atoms with Crippen molar-refractivity contribution >= 4 is 11.6 Å². The maximum Gasteiger partial charge on any atom is 0.416 e. The van der Waals surface area contributed by atoms with Crippen LogP contribution in [0.4, 0.5) is 13.2 Å². The van der Waals surface area contributed by atoms with Gasteiger partial charge in [0.1, 0.15) is 5.82 Å². The van der Waals surface area contributed by atoms with E-state index < -0.39 is 11.7 Å². The lowest BCUT2D eigenvalue weighted by molar-refractivity contribution is -0.137. The van der Waals surface area contributed by atoms with Gasteiger partial charge in [0.2, 0.25) is 0 Å². The van der Waals surface area contributed by atoms with Crippen LogP contribution in [0.3, 0.4) is 0 Å². The van der Waals surface area contributed by atoms with Gasteiger partial charge in [0.15, 0.2) is 5.82 Å². The molecule has 4 nitrogen and oxygen atoms in total. The largest absolute Gasteiger partial charge is 0.416 e. The Bertz CT molecular complexity index is 1140. The summed E-state index contributed by atoms with van der Waals surface area (Å²) in [5.41, 5.74) is 1.49. The van der Waals surface area contributed by atoms with Gasteiger partial charge in [0, 0.05) is 42.6 Å². The van der Waals surface area contributed by atoms with Crippen LogP contribution in [0, 0.1) is 5.92 Å². The standard InChI is InChI=1S/C25H26ClF3N4/c1-32-22(30-31-23(32)17-5-4-6-21(26)13-17)7-2-3-12-33-15-20-14-24(20,16-33)18-8-10-19(11-9-18)25(27,28)29/h4-6,8-11,13,20H,2-3,7,12,14-16H2,1H3/t20-,24+/m0/s1. The molecule has 2 heterocycles. The molecule has 0 radical (unpaired) electrons. The summed E-state index contributed by atoms with van der Waals surface area (Å²) in [6, 6.07) is 13.4. The first-order chi connectivity index (χ1) is 15.8. The number of hydrogen-bond donors (Lipinski definition) is 0. The third-order valence-electron chi connectivity index (χ3n) is 7.18. The highest BCUT2D eigenvalue weighted by atomic mass is 35.5. The fraction of sp³-hybridized carbons (Fsp3) is 0.440. The molecule has 1 aliphatic carbocycles. The molecular weight excluding hydrogens is 449 g/mol. The molecular formula is C25H26ClF3N4. The maximum absolute atomic E-state index is 12.9. The van der Waals surface area contributed by atoms with Crippen molar-refractivity contribution in [3.05, 3.63) is 70.5 Å². The Balaban J connectivity index is 1.12. The van der Waals surface area contributed by atoms with Gasteiger partial charge in [-0.25, -0.2) is 0 Å². The third kappa shape index (κ3) is 4.41. The number of aromatic nitrogens is 3. The average molecular weight is 475 g/mol. The highest BCUT2D eigenvalue weighted by Crippen LogP contribution is 2.59. The first kappa shape index (κ1) is 22.4. The van der Waals surface area contributed by atoms with E-state index in [9.17, 15) is 13.2 Å². The van der Waals surface area contributed by atoms with Crippen LogP contribution in [0.2, 0.25) is 5.02 Å². The Morgan fingerprint density at radius 1 is 1.09 bits per heavy atom. The molecule has 2 atom stereocenters. The van der Waals surface area contributed by atoms with Gasteiger partial charge in [-0.05, 0) is 61.6 Å². The SMILES string of the molecule is Cn1c(CCCCN2C[C@@H]3C[C@]3(c3ccc(C(F)(F)F)cc3)C2)nnc1-c1cccc(Cl)c1. The minimum atomic E-state index is -4.28. The van der Waals surface area contributed by atoms with E-state index in [0.29, 0.717) is 10.9 Å². The van der Waals surface area contributed by atoms with Crippen LogP contribution in [0.15, 0.2) is 48.5 Å². The molecule has 174 valence electrons. The van der Waals surface area contributed by atoms with Crippen LogP contribution in [0.5, 0.6) is 0 Å². The molecule has 3 aromatic rings. The molecule has 2 fully saturated rings. The van der Waals surface area contributed by atoms with Gasteiger partial charge in [0.05, 0.1) is 5.56 Å². The molecule has 8 heteroatoms. The summed E-state index contributed by atoms with van der Waals surface area (Å²) < 4.78 is 40.6. The molecule has 0 bridgehead atoms. The van der Waals surface area contributed by atoms with Crippen LogP contribution in [-0.4, -0.2) is 39.3 Å². The van der Waals surface area contributed by atoms with Gasteiger partial charge >= 0.3 is 6.18 Å². The number of benzene rings is 2. The summed E-state index contributed by atoms with van der Waals surface area (Å²) in [5, 5.41) is 9.37. The van der Waals surface area contributed by atoms with E-state index in [1.165, 1.54) is 12.1 Å². The second-order valence-corrected chi connectivity index (χ2v) is 9.77. The summed E-state index contributed by atoms with van der Waals surface area (Å²) in [6.07, 6.45) is -0.283. The van der Waals surface area contributed by atoms with Gasteiger partial charge in [-0.1, -0.05) is 35.9 Å².